The van der Waals surface area contributed by atoms with E-state index in [9.17, 15) is 19.1 Å². The average molecular weight is 442 g/mol. The Labute approximate surface area is 191 Å². The molecule has 33 heavy (non-hydrogen) atoms. The number of Topliss-reactive ketones (excluding diaryl/α,β-unsaturated/α-hetero) is 1. The summed E-state index contributed by atoms with van der Waals surface area (Å²) in [5.74, 6) is -2.04. The number of halogens is 1. The monoisotopic (exact) mass is 442 g/mol. The molecule has 1 N–H and O–H groups in total. The number of hydrogen-bond donors (Lipinski definition) is 1. The number of carbonyl (C=O) groups excluding carboxylic acids is 2. The number of fused-ring (bicyclic) bond motifs is 1. The van der Waals surface area contributed by atoms with Gasteiger partial charge in [0.15, 0.2) is 0 Å². The minimum atomic E-state index is -0.840. The summed E-state index contributed by atoms with van der Waals surface area (Å²) in [6, 6.07) is 15.9. The molecule has 6 heteroatoms. The Morgan fingerprint density at radius 2 is 1.76 bits per heavy atom. The maximum absolute atomic E-state index is 13.4. The fourth-order valence-electron chi connectivity index (χ4n) is 4.71. The Bertz CT molecular complexity index is 1250. The average Bonchev–Trinajstić information content (AvgIpc) is 3.10. The van der Waals surface area contributed by atoms with Crippen LogP contribution in [0.15, 0.2) is 72.4 Å². The second-order valence-corrected chi connectivity index (χ2v) is 8.50. The number of hydrogen-bond acceptors (Lipinski definition) is 4. The Hall–Kier alpha value is -3.80. The molecule has 1 aliphatic heterocycles. The van der Waals surface area contributed by atoms with E-state index in [0.717, 1.165) is 25.7 Å². The number of pyridine rings is 1. The standard InChI is InChI=1S/C27H23FN2O3/c28-21-12-8-17(9-13-21)16-30-24(22-7-3-4-14-29-22)23(26(32)27(30)33)25(31)20-11-10-18-5-1-2-6-19(18)15-20/h3-4,7-15,24,31H,1-2,5-6,16H2/b25-23-. The van der Waals surface area contributed by atoms with Gasteiger partial charge in [-0.25, -0.2) is 4.39 Å². The van der Waals surface area contributed by atoms with Crippen LogP contribution in [0.5, 0.6) is 0 Å². The highest BCUT2D eigenvalue weighted by atomic mass is 19.1. The fourth-order valence-corrected chi connectivity index (χ4v) is 4.71. The van der Waals surface area contributed by atoms with Gasteiger partial charge in [-0.2, -0.15) is 0 Å². The molecule has 1 aromatic heterocycles. The summed E-state index contributed by atoms with van der Waals surface area (Å²) in [7, 11) is 0. The van der Waals surface area contributed by atoms with Crippen LogP contribution >= 0.6 is 0 Å². The SMILES string of the molecule is O=C1C(=O)N(Cc2ccc(F)cc2)C(c2ccccn2)/C1=C(/O)c1ccc2c(c1)CCCC2. The van der Waals surface area contributed by atoms with E-state index >= 15 is 0 Å². The highest BCUT2D eigenvalue weighted by Crippen LogP contribution is 2.40. The zero-order valence-electron chi connectivity index (χ0n) is 18.0. The number of aromatic nitrogens is 1. The van der Waals surface area contributed by atoms with Crippen molar-refractivity contribution in [1.82, 2.24) is 9.88 Å². The lowest BCUT2D eigenvalue weighted by molar-refractivity contribution is -0.140. The molecular formula is C27H23FN2O3. The van der Waals surface area contributed by atoms with Gasteiger partial charge < -0.3 is 10.0 Å². The fraction of sp³-hybridized carbons (Fsp3) is 0.222. The van der Waals surface area contributed by atoms with E-state index in [-0.39, 0.29) is 23.7 Å². The van der Waals surface area contributed by atoms with Crippen molar-refractivity contribution in [2.24, 2.45) is 0 Å². The van der Waals surface area contributed by atoms with E-state index in [1.54, 1.807) is 36.5 Å². The predicted octanol–water partition coefficient (Wildman–Crippen LogP) is 4.72. The van der Waals surface area contributed by atoms with Gasteiger partial charge in [0, 0.05) is 18.3 Å². The minimum Gasteiger partial charge on any atom is -0.507 e. The first-order valence-electron chi connectivity index (χ1n) is 11.1. The summed E-state index contributed by atoms with van der Waals surface area (Å²) in [5.41, 5.74) is 4.13. The van der Waals surface area contributed by atoms with Crippen LogP contribution in [0.1, 0.15) is 46.8 Å². The van der Waals surface area contributed by atoms with E-state index in [0.29, 0.717) is 16.8 Å². The molecule has 2 aliphatic rings. The molecule has 5 nitrogen and oxygen atoms in total. The molecule has 0 saturated carbocycles. The van der Waals surface area contributed by atoms with Crippen LogP contribution in [0.3, 0.4) is 0 Å². The maximum Gasteiger partial charge on any atom is 0.296 e. The molecule has 1 saturated heterocycles. The van der Waals surface area contributed by atoms with Crippen molar-refractivity contribution >= 4 is 17.4 Å². The van der Waals surface area contributed by atoms with Gasteiger partial charge in [0.05, 0.1) is 11.3 Å². The Morgan fingerprint density at radius 3 is 2.48 bits per heavy atom. The first-order chi connectivity index (χ1) is 16.0. The van der Waals surface area contributed by atoms with Crippen molar-refractivity contribution in [3.63, 3.8) is 0 Å². The lowest BCUT2D eigenvalue weighted by Gasteiger charge is -2.24. The molecule has 5 rings (SSSR count). The largest absolute Gasteiger partial charge is 0.507 e. The van der Waals surface area contributed by atoms with Crippen molar-refractivity contribution < 1.29 is 19.1 Å². The van der Waals surface area contributed by atoms with Gasteiger partial charge in [0.25, 0.3) is 11.7 Å². The molecule has 1 amide bonds. The molecule has 3 aromatic rings. The van der Waals surface area contributed by atoms with Gasteiger partial charge in [-0.1, -0.05) is 30.3 Å². The van der Waals surface area contributed by atoms with Crippen molar-refractivity contribution in [2.45, 2.75) is 38.3 Å². The van der Waals surface area contributed by atoms with E-state index in [4.69, 9.17) is 0 Å². The summed E-state index contributed by atoms with van der Waals surface area (Å²) in [6.07, 6.45) is 5.76. The molecule has 0 spiro atoms. The number of aliphatic hydroxyl groups is 1. The number of ketones is 1. The second kappa shape index (κ2) is 8.62. The number of aliphatic hydroxyl groups excluding tert-OH is 1. The zero-order chi connectivity index (χ0) is 22.9. The van der Waals surface area contributed by atoms with Crippen LogP contribution in [-0.2, 0) is 29.0 Å². The summed E-state index contributed by atoms with van der Waals surface area (Å²) in [6.45, 7) is 0.0903. The van der Waals surface area contributed by atoms with Crippen molar-refractivity contribution in [3.8, 4) is 0 Å². The van der Waals surface area contributed by atoms with Gasteiger partial charge in [-0.3, -0.25) is 14.6 Å². The third-order valence-electron chi connectivity index (χ3n) is 6.40. The van der Waals surface area contributed by atoms with Crippen molar-refractivity contribution in [1.29, 1.82) is 0 Å². The third kappa shape index (κ3) is 3.93. The van der Waals surface area contributed by atoms with Gasteiger partial charge in [0.2, 0.25) is 0 Å². The van der Waals surface area contributed by atoms with Crippen LogP contribution in [0.2, 0.25) is 0 Å². The number of likely N-dealkylation sites (tertiary alicyclic amines) is 1. The van der Waals surface area contributed by atoms with Gasteiger partial charge >= 0.3 is 0 Å². The summed E-state index contributed by atoms with van der Waals surface area (Å²) in [4.78, 5) is 32.0. The number of rotatable bonds is 4. The second-order valence-electron chi connectivity index (χ2n) is 8.50. The Kier molecular flexibility index (Phi) is 5.50. The van der Waals surface area contributed by atoms with Crippen LogP contribution < -0.4 is 0 Å². The number of amides is 1. The molecule has 166 valence electrons. The first-order valence-corrected chi connectivity index (χ1v) is 11.1. The first kappa shape index (κ1) is 21.1. The number of carbonyl (C=O) groups is 2. The number of nitrogens with zero attached hydrogens (tertiary/aromatic N) is 2. The van der Waals surface area contributed by atoms with Crippen LogP contribution in [-0.4, -0.2) is 26.7 Å². The lowest BCUT2D eigenvalue weighted by Crippen LogP contribution is -2.29. The lowest BCUT2D eigenvalue weighted by atomic mass is 9.89. The topological polar surface area (TPSA) is 70.5 Å². The normalized spacial score (nSPS) is 19.5. The van der Waals surface area contributed by atoms with Crippen LogP contribution in [0.25, 0.3) is 5.76 Å². The highest BCUT2D eigenvalue weighted by molar-refractivity contribution is 6.46. The molecular weight excluding hydrogens is 419 g/mol. The van der Waals surface area contributed by atoms with E-state index in [1.165, 1.54) is 28.2 Å². The van der Waals surface area contributed by atoms with Gasteiger partial charge in [-0.15, -0.1) is 0 Å². The third-order valence-corrected chi connectivity index (χ3v) is 6.40. The van der Waals surface area contributed by atoms with Crippen molar-refractivity contribution in [2.75, 3.05) is 0 Å². The van der Waals surface area contributed by atoms with E-state index in [1.807, 2.05) is 18.2 Å². The van der Waals surface area contributed by atoms with E-state index < -0.39 is 17.7 Å². The molecule has 1 unspecified atom stereocenters. The Morgan fingerprint density at radius 1 is 1.00 bits per heavy atom. The number of benzene rings is 2. The number of aryl methyl sites for hydroxylation is 2. The molecule has 1 atom stereocenters. The predicted molar refractivity (Wildman–Crippen MR) is 122 cm³/mol. The van der Waals surface area contributed by atoms with Crippen LogP contribution in [0, 0.1) is 5.82 Å². The Balaban J connectivity index is 1.61. The molecule has 1 fully saturated rings. The van der Waals surface area contributed by atoms with Gasteiger partial charge in [-0.05, 0) is 72.7 Å². The van der Waals surface area contributed by atoms with Crippen LogP contribution in [0.4, 0.5) is 4.39 Å². The quantitative estimate of drug-likeness (QED) is 0.361. The summed E-state index contributed by atoms with van der Waals surface area (Å²) < 4.78 is 13.4. The van der Waals surface area contributed by atoms with Crippen molar-refractivity contribution in [3.05, 3.63) is 106 Å². The zero-order valence-corrected chi connectivity index (χ0v) is 18.0. The molecule has 2 heterocycles. The maximum atomic E-state index is 13.4. The summed E-state index contributed by atoms with van der Waals surface area (Å²) >= 11 is 0. The van der Waals surface area contributed by atoms with Gasteiger partial charge in [0.1, 0.15) is 17.6 Å². The molecule has 0 radical (unpaired) electrons. The molecule has 2 aromatic carbocycles. The summed E-state index contributed by atoms with van der Waals surface area (Å²) in [5, 5.41) is 11.3. The van der Waals surface area contributed by atoms with E-state index in [2.05, 4.69) is 4.98 Å². The minimum absolute atomic E-state index is 0.0246. The molecule has 1 aliphatic carbocycles. The molecule has 0 bridgehead atoms. The smallest absolute Gasteiger partial charge is 0.296 e. The highest BCUT2D eigenvalue weighted by Gasteiger charge is 2.46.